The molecule has 0 saturated heterocycles. The average Bonchev–Trinajstić information content (AvgIpc) is 1.94. The minimum absolute atomic E-state index is 0.242. The SMILES string of the molecule is [2H]C1CC=CCC=N1. The second-order valence-electron chi connectivity index (χ2n) is 1.46. The molecule has 0 fully saturated rings. The summed E-state index contributed by atoms with van der Waals surface area (Å²) in [5.74, 6) is 0. The molecular formula is C6H9N. The molecule has 1 nitrogen and oxygen atoms in total. The van der Waals surface area contributed by atoms with Crippen LogP contribution in [0.4, 0.5) is 0 Å². The molecule has 38 valence electrons. The first-order valence-corrected chi connectivity index (χ1v) is 2.48. The lowest BCUT2D eigenvalue weighted by molar-refractivity contribution is 1.02. The maximum atomic E-state index is 7.16. The predicted molar refractivity (Wildman–Crippen MR) is 31.7 cm³/mol. The van der Waals surface area contributed by atoms with E-state index in [1.54, 1.807) is 6.21 Å². The summed E-state index contributed by atoms with van der Waals surface area (Å²) in [7, 11) is 0. The Morgan fingerprint density at radius 3 is 3.57 bits per heavy atom. The van der Waals surface area contributed by atoms with Gasteiger partial charge in [-0.25, -0.2) is 0 Å². The van der Waals surface area contributed by atoms with Gasteiger partial charge < -0.3 is 0 Å². The zero-order chi connectivity index (χ0) is 5.82. The van der Waals surface area contributed by atoms with Crippen LogP contribution in [-0.2, 0) is 0 Å². The standard InChI is InChI=1S/C6H9N/c1-2-4-6-7-5-3-1/h1-2,5H,3-4,6H2/i6D. The van der Waals surface area contributed by atoms with Crippen LogP contribution < -0.4 is 0 Å². The molecule has 0 aromatic heterocycles. The fourth-order valence-electron chi connectivity index (χ4n) is 0.510. The predicted octanol–water partition coefficient (Wildman–Crippen LogP) is 1.41. The summed E-state index contributed by atoms with van der Waals surface area (Å²) in [4.78, 5) is 3.90. The van der Waals surface area contributed by atoms with Crippen molar-refractivity contribution in [2.75, 3.05) is 6.52 Å². The van der Waals surface area contributed by atoms with Gasteiger partial charge in [0, 0.05) is 19.2 Å². The molecule has 0 spiro atoms. The van der Waals surface area contributed by atoms with Crippen molar-refractivity contribution in [1.82, 2.24) is 0 Å². The highest BCUT2D eigenvalue weighted by atomic mass is 14.7. The summed E-state index contributed by atoms with van der Waals surface area (Å²) in [5.41, 5.74) is 0. The molecule has 1 atom stereocenters. The Balaban J connectivity index is 2.48. The molecule has 0 saturated carbocycles. The maximum absolute atomic E-state index is 7.16. The molecule has 1 heteroatoms. The minimum atomic E-state index is -0.242. The molecule has 1 rings (SSSR count). The van der Waals surface area contributed by atoms with Crippen LogP contribution >= 0.6 is 0 Å². The van der Waals surface area contributed by atoms with Crippen molar-refractivity contribution >= 4 is 6.21 Å². The summed E-state index contributed by atoms with van der Waals surface area (Å²) in [6, 6.07) is 0. The van der Waals surface area contributed by atoms with Gasteiger partial charge >= 0.3 is 0 Å². The van der Waals surface area contributed by atoms with E-state index in [2.05, 4.69) is 4.99 Å². The van der Waals surface area contributed by atoms with E-state index in [9.17, 15) is 0 Å². The van der Waals surface area contributed by atoms with Crippen molar-refractivity contribution in [3.63, 3.8) is 0 Å². The zero-order valence-corrected chi connectivity index (χ0v) is 4.17. The van der Waals surface area contributed by atoms with Crippen LogP contribution in [0.25, 0.3) is 0 Å². The fraction of sp³-hybridized carbons (Fsp3) is 0.500. The Morgan fingerprint density at radius 1 is 1.57 bits per heavy atom. The third kappa shape index (κ3) is 1.53. The van der Waals surface area contributed by atoms with Crippen LogP contribution in [0.1, 0.15) is 14.2 Å². The highest BCUT2D eigenvalue weighted by Crippen LogP contribution is 1.90. The monoisotopic (exact) mass is 96.1 g/mol. The number of nitrogens with zero attached hydrogens (tertiary/aromatic N) is 1. The minimum Gasteiger partial charge on any atom is -0.297 e. The molecule has 0 amide bonds. The fourth-order valence-corrected chi connectivity index (χ4v) is 0.510. The highest BCUT2D eigenvalue weighted by molar-refractivity contribution is 5.59. The Bertz CT molecular complexity index is 118. The topological polar surface area (TPSA) is 12.4 Å². The van der Waals surface area contributed by atoms with Gasteiger partial charge in [0.25, 0.3) is 0 Å². The van der Waals surface area contributed by atoms with Gasteiger partial charge in [-0.3, -0.25) is 4.99 Å². The Hall–Kier alpha value is -0.590. The average molecular weight is 96.2 g/mol. The lowest BCUT2D eigenvalue weighted by Crippen LogP contribution is -1.71. The van der Waals surface area contributed by atoms with Gasteiger partial charge in [0.1, 0.15) is 0 Å². The first kappa shape index (κ1) is 3.42. The van der Waals surface area contributed by atoms with Crippen LogP contribution in [0.5, 0.6) is 0 Å². The summed E-state index contributed by atoms with van der Waals surface area (Å²) >= 11 is 0. The van der Waals surface area contributed by atoms with Gasteiger partial charge in [0.05, 0.1) is 1.37 Å². The van der Waals surface area contributed by atoms with Gasteiger partial charge in [0.2, 0.25) is 0 Å². The van der Waals surface area contributed by atoms with E-state index in [1.807, 2.05) is 12.2 Å². The third-order valence-corrected chi connectivity index (χ3v) is 0.860. The van der Waals surface area contributed by atoms with Crippen LogP contribution in [0.3, 0.4) is 0 Å². The first-order chi connectivity index (χ1) is 3.89. The summed E-state index contributed by atoms with van der Waals surface area (Å²) in [6.07, 6.45) is 7.51. The van der Waals surface area contributed by atoms with Crippen molar-refractivity contribution in [1.29, 1.82) is 0 Å². The normalized spacial score (nSPS) is 32.0. The van der Waals surface area contributed by atoms with Crippen molar-refractivity contribution in [2.45, 2.75) is 12.8 Å². The maximum Gasteiger partial charge on any atom is 0.0518 e. The van der Waals surface area contributed by atoms with Gasteiger partial charge in [-0.15, -0.1) is 0 Å². The molecule has 1 heterocycles. The quantitative estimate of drug-likeness (QED) is 0.404. The van der Waals surface area contributed by atoms with Gasteiger partial charge in [-0.05, 0) is 6.42 Å². The molecule has 0 aromatic carbocycles. The van der Waals surface area contributed by atoms with Crippen LogP contribution in [0.2, 0.25) is 0 Å². The molecule has 0 aliphatic carbocycles. The number of rotatable bonds is 0. The van der Waals surface area contributed by atoms with E-state index in [0.717, 1.165) is 12.8 Å². The van der Waals surface area contributed by atoms with Crippen LogP contribution in [0.15, 0.2) is 17.1 Å². The van der Waals surface area contributed by atoms with E-state index >= 15 is 0 Å². The van der Waals surface area contributed by atoms with Gasteiger partial charge in [0.15, 0.2) is 0 Å². The van der Waals surface area contributed by atoms with Crippen LogP contribution in [-0.4, -0.2) is 12.7 Å². The van der Waals surface area contributed by atoms with Crippen molar-refractivity contribution in [3.05, 3.63) is 12.2 Å². The number of allylic oxidation sites excluding steroid dienone is 1. The summed E-state index contributed by atoms with van der Waals surface area (Å²) in [6.45, 7) is -0.242. The molecule has 0 bridgehead atoms. The van der Waals surface area contributed by atoms with Gasteiger partial charge in [-0.1, -0.05) is 12.2 Å². The summed E-state index contributed by atoms with van der Waals surface area (Å²) < 4.78 is 7.16. The first-order valence-electron chi connectivity index (χ1n) is 3.06. The molecular weight excluding hydrogens is 86.1 g/mol. The Labute approximate surface area is 45.2 Å². The smallest absolute Gasteiger partial charge is 0.0518 e. The van der Waals surface area contributed by atoms with E-state index in [1.165, 1.54) is 0 Å². The highest BCUT2D eigenvalue weighted by Gasteiger charge is 1.80. The molecule has 1 aliphatic rings. The van der Waals surface area contributed by atoms with E-state index < -0.39 is 0 Å². The lowest BCUT2D eigenvalue weighted by Gasteiger charge is -1.77. The van der Waals surface area contributed by atoms with E-state index in [4.69, 9.17) is 1.37 Å². The van der Waals surface area contributed by atoms with Crippen molar-refractivity contribution in [3.8, 4) is 0 Å². The molecule has 0 radical (unpaired) electrons. The van der Waals surface area contributed by atoms with Crippen molar-refractivity contribution < 1.29 is 1.37 Å². The number of hydrogen-bond acceptors (Lipinski definition) is 1. The van der Waals surface area contributed by atoms with E-state index in [-0.39, 0.29) is 6.52 Å². The van der Waals surface area contributed by atoms with Gasteiger partial charge in [-0.2, -0.15) is 0 Å². The molecule has 7 heavy (non-hydrogen) atoms. The second-order valence-corrected chi connectivity index (χ2v) is 1.46. The van der Waals surface area contributed by atoms with Crippen LogP contribution in [0, 0.1) is 0 Å². The second kappa shape index (κ2) is 2.56. The molecule has 0 N–H and O–H groups in total. The number of aliphatic imine (C=N–C) groups is 1. The zero-order valence-electron chi connectivity index (χ0n) is 5.17. The molecule has 1 unspecified atom stereocenters. The number of hydrogen-bond donors (Lipinski definition) is 0. The van der Waals surface area contributed by atoms with Crippen molar-refractivity contribution in [2.24, 2.45) is 4.99 Å². The Kier molecular flexibility index (Phi) is 1.25. The van der Waals surface area contributed by atoms with E-state index in [0.29, 0.717) is 0 Å². The molecule has 0 aromatic rings. The third-order valence-electron chi connectivity index (χ3n) is 0.860. The summed E-state index contributed by atoms with van der Waals surface area (Å²) in [5, 5.41) is 0. The Morgan fingerprint density at radius 2 is 2.57 bits per heavy atom. The largest absolute Gasteiger partial charge is 0.297 e. The lowest BCUT2D eigenvalue weighted by atomic mass is 10.4. The molecule has 1 aliphatic heterocycles.